The zero-order valence-corrected chi connectivity index (χ0v) is 18.1. The summed E-state index contributed by atoms with van der Waals surface area (Å²) in [6, 6.07) is 7.15. The fraction of sp³-hybridized carbons (Fsp3) is 0.438. The van der Waals surface area contributed by atoms with Crippen molar-refractivity contribution < 1.29 is 16.8 Å². The van der Waals surface area contributed by atoms with Crippen LogP contribution in [0.5, 0.6) is 0 Å². The fourth-order valence-electron chi connectivity index (χ4n) is 2.86. The molecular formula is C16H20ClN3O4S3. The first-order chi connectivity index (χ1) is 12.5. The molecule has 0 spiro atoms. The molecule has 148 valence electrons. The monoisotopic (exact) mass is 449 g/mol. The van der Waals surface area contributed by atoms with Crippen LogP contribution in [0, 0.1) is 5.41 Å². The molecule has 1 aliphatic heterocycles. The zero-order valence-electron chi connectivity index (χ0n) is 14.8. The first kappa shape index (κ1) is 20.4. The number of nitrogens with zero attached hydrogens (tertiary/aromatic N) is 2. The summed E-state index contributed by atoms with van der Waals surface area (Å²) in [7, 11) is -2.80. The van der Waals surface area contributed by atoms with E-state index in [-0.39, 0.29) is 14.0 Å². The maximum Gasteiger partial charge on any atom is 0.289 e. The molecule has 27 heavy (non-hydrogen) atoms. The molecule has 0 saturated carbocycles. The van der Waals surface area contributed by atoms with Gasteiger partial charge in [-0.1, -0.05) is 37.3 Å². The van der Waals surface area contributed by atoms with Crippen LogP contribution in [-0.4, -0.2) is 34.9 Å². The average Bonchev–Trinajstić information content (AvgIpc) is 3.07. The van der Waals surface area contributed by atoms with Crippen molar-refractivity contribution >= 4 is 52.5 Å². The van der Waals surface area contributed by atoms with Crippen molar-refractivity contribution in [1.29, 1.82) is 0 Å². The third-order valence-corrected chi connectivity index (χ3v) is 9.36. The van der Waals surface area contributed by atoms with Gasteiger partial charge in [-0.25, -0.2) is 13.4 Å². The molecule has 3 rings (SSSR count). The van der Waals surface area contributed by atoms with E-state index in [0.717, 1.165) is 37.8 Å². The van der Waals surface area contributed by atoms with Crippen LogP contribution in [0.25, 0.3) is 0 Å². The highest BCUT2D eigenvalue weighted by Crippen LogP contribution is 2.36. The lowest BCUT2D eigenvalue weighted by Crippen LogP contribution is -2.37. The van der Waals surface area contributed by atoms with Crippen LogP contribution in [0.15, 0.2) is 39.0 Å². The van der Waals surface area contributed by atoms with Gasteiger partial charge in [0.15, 0.2) is 4.21 Å². The number of anilines is 2. The first-order valence-corrected chi connectivity index (χ1v) is 12.9. The molecule has 0 radical (unpaired) electrons. The first-order valence-electron chi connectivity index (χ1n) is 8.25. The highest BCUT2D eigenvalue weighted by Gasteiger charge is 2.28. The number of benzene rings is 1. The van der Waals surface area contributed by atoms with Gasteiger partial charge < -0.3 is 4.90 Å². The quantitative estimate of drug-likeness (QED) is 0.701. The van der Waals surface area contributed by atoms with Crippen LogP contribution in [0.1, 0.15) is 26.7 Å². The summed E-state index contributed by atoms with van der Waals surface area (Å²) in [5.41, 5.74) is 1.50. The number of hydrogen-bond acceptors (Lipinski definition) is 7. The molecule has 2 heterocycles. The molecule has 1 aromatic heterocycles. The Labute approximate surface area is 167 Å². The van der Waals surface area contributed by atoms with E-state index in [0.29, 0.717) is 17.0 Å². The molecule has 11 heteroatoms. The van der Waals surface area contributed by atoms with E-state index in [1.165, 1.54) is 0 Å². The standard InChI is InChI=1S/C16H20ClN3O4S3/c1-16(2)7-9-20(10-8-16)13-6-4-3-5-12(13)19-27(23,24)15-18-11-14(25-15)26(17,21)22/h3-6,11,19H,7-10H2,1-2H3. The number of aromatic nitrogens is 1. The summed E-state index contributed by atoms with van der Waals surface area (Å²) in [5.74, 6) is 0. The Balaban J connectivity index is 1.87. The highest BCUT2D eigenvalue weighted by molar-refractivity contribution is 8.15. The van der Waals surface area contributed by atoms with Gasteiger partial charge in [-0.3, -0.25) is 4.72 Å². The van der Waals surface area contributed by atoms with Gasteiger partial charge >= 0.3 is 0 Å². The van der Waals surface area contributed by atoms with E-state index in [1.54, 1.807) is 12.1 Å². The van der Waals surface area contributed by atoms with Crippen LogP contribution in [0.2, 0.25) is 0 Å². The number of piperidine rings is 1. The lowest BCUT2D eigenvalue weighted by atomic mass is 9.82. The molecule has 1 aromatic carbocycles. The third-order valence-electron chi connectivity index (χ3n) is 4.54. The number of halogens is 1. The summed E-state index contributed by atoms with van der Waals surface area (Å²) in [4.78, 5) is 5.85. The molecule has 1 N–H and O–H groups in total. The largest absolute Gasteiger partial charge is 0.370 e. The minimum Gasteiger partial charge on any atom is -0.370 e. The Morgan fingerprint density at radius 1 is 1.15 bits per heavy atom. The predicted octanol–water partition coefficient (Wildman–Crippen LogP) is 3.50. The Morgan fingerprint density at radius 3 is 2.37 bits per heavy atom. The number of hydrogen-bond donors (Lipinski definition) is 1. The number of thiazole rings is 1. The SMILES string of the molecule is CC1(C)CCN(c2ccccc2NS(=O)(=O)c2ncc(S(=O)(=O)Cl)s2)CC1. The van der Waals surface area contributed by atoms with Crippen molar-refractivity contribution in [3.05, 3.63) is 30.5 Å². The van der Waals surface area contributed by atoms with Crippen LogP contribution in [0.3, 0.4) is 0 Å². The Kier molecular flexibility index (Phi) is 5.46. The van der Waals surface area contributed by atoms with Gasteiger partial charge in [0.05, 0.1) is 17.6 Å². The van der Waals surface area contributed by atoms with Crippen molar-refractivity contribution in [3.63, 3.8) is 0 Å². The van der Waals surface area contributed by atoms with Crippen molar-refractivity contribution in [1.82, 2.24) is 4.98 Å². The normalized spacial score (nSPS) is 17.7. The summed E-state index contributed by atoms with van der Waals surface area (Å²) in [5, 5.41) is 0. The maximum absolute atomic E-state index is 12.7. The van der Waals surface area contributed by atoms with E-state index in [4.69, 9.17) is 10.7 Å². The molecule has 1 fully saturated rings. The molecule has 0 unspecified atom stereocenters. The summed E-state index contributed by atoms with van der Waals surface area (Å²) in [6.07, 6.45) is 2.97. The molecule has 0 bridgehead atoms. The van der Waals surface area contributed by atoms with Crippen molar-refractivity contribution in [2.75, 3.05) is 22.7 Å². The maximum atomic E-state index is 12.7. The molecule has 1 aliphatic rings. The molecule has 0 atom stereocenters. The number of rotatable bonds is 5. The van der Waals surface area contributed by atoms with Crippen molar-refractivity contribution in [3.8, 4) is 0 Å². The smallest absolute Gasteiger partial charge is 0.289 e. The fourth-order valence-corrected chi connectivity index (χ4v) is 6.19. The van der Waals surface area contributed by atoms with E-state index in [2.05, 4.69) is 28.5 Å². The van der Waals surface area contributed by atoms with Crippen LogP contribution in [-0.2, 0) is 19.1 Å². The lowest BCUT2D eigenvalue weighted by Gasteiger charge is -2.38. The second-order valence-corrected chi connectivity index (χ2v) is 12.8. The molecule has 7 nitrogen and oxygen atoms in total. The third kappa shape index (κ3) is 4.74. The molecule has 0 aliphatic carbocycles. The van der Waals surface area contributed by atoms with Crippen LogP contribution >= 0.6 is 22.0 Å². The Bertz CT molecular complexity index is 1040. The van der Waals surface area contributed by atoms with E-state index in [1.807, 2.05) is 12.1 Å². The summed E-state index contributed by atoms with van der Waals surface area (Å²) < 4.78 is 49.9. The van der Waals surface area contributed by atoms with Crippen LogP contribution in [0.4, 0.5) is 11.4 Å². The Morgan fingerprint density at radius 2 is 1.78 bits per heavy atom. The van der Waals surface area contributed by atoms with Crippen LogP contribution < -0.4 is 9.62 Å². The predicted molar refractivity (Wildman–Crippen MR) is 108 cm³/mol. The number of nitrogens with one attached hydrogen (secondary N) is 1. The number of para-hydroxylation sites is 2. The van der Waals surface area contributed by atoms with Gasteiger partial charge in [-0.15, -0.1) is 0 Å². The van der Waals surface area contributed by atoms with Gasteiger partial charge in [0.25, 0.3) is 19.1 Å². The van der Waals surface area contributed by atoms with E-state index in [9.17, 15) is 16.8 Å². The number of sulfonamides is 1. The van der Waals surface area contributed by atoms with Gasteiger partial charge in [-0.2, -0.15) is 8.42 Å². The second kappa shape index (κ2) is 7.23. The summed E-state index contributed by atoms with van der Waals surface area (Å²) in [6.45, 7) is 6.11. The van der Waals surface area contributed by atoms with E-state index >= 15 is 0 Å². The molecule has 0 amide bonds. The van der Waals surface area contributed by atoms with Crippen molar-refractivity contribution in [2.24, 2.45) is 5.41 Å². The van der Waals surface area contributed by atoms with Gasteiger partial charge in [-0.05, 0) is 30.4 Å². The molecule has 2 aromatic rings. The van der Waals surface area contributed by atoms with E-state index < -0.39 is 19.1 Å². The zero-order chi connectivity index (χ0) is 19.9. The Hall–Kier alpha value is -1.36. The van der Waals surface area contributed by atoms with Crippen molar-refractivity contribution in [2.45, 2.75) is 35.2 Å². The topological polar surface area (TPSA) is 96.4 Å². The van der Waals surface area contributed by atoms with Gasteiger partial charge in [0.1, 0.15) is 0 Å². The minimum absolute atomic E-state index is 0.273. The highest BCUT2D eigenvalue weighted by atomic mass is 35.7. The van der Waals surface area contributed by atoms with Gasteiger partial charge in [0, 0.05) is 23.8 Å². The second-order valence-electron chi connectivity index (χ2n) is 7.16. The van der Waals surface area contributed by atoms with Gasteiger partial charge in [0.2, 0.25) is 4.34 Å². The molecular weight excluding hydrogens is 430 g/mol. The summed E-state index contributed by atoms with van der Waals surface area (Å²) >= 11 is 0.512. The lowest BCUT2D eigenvalue weighted by molar-refractivity contribution is 0.280. The average molecular weight is 450 g/mol. The minimum atomic E-state index is -4.03. The molecule has 1 saturated heterocycles.